The predicted octanol–water partition coefficient (Wildman–Crippen LogP) is 3.76. The lowest BCUT2D eigenvalue weighted by molar-refractivity contribution is -0.137. The molecule has 5 rings (SSSR count). The van der Waals surface area contributed by atoms with Crippen LogP contribution >= 0.6 is 0 Å². The SMILES string of the molecule is CC(C(=O)N1CCN(c2cccc(-c3nc4ccccc4n3C)c2)CC1)N1CCCCC1. The van der Waals surface area contributed by atoms with Crippen LogP contribution in [-0.2, 0) is 11.8 Å². The van der Waals surface area contributed by atoms with Crippen LogP contribution in [-0.4, -0.2) is 70.6 Å². The molecule has 0 radical (unpaired) electrons. The number of aromatic nitrogens is 2. The molecule has 6 nitrogen and oxygen atoms in total. The van der Waals surface area contributed by atoms with E-state index < -0.39 is 0 Å². The molecule has 3 aromatic rings. The Morgan fingerprint density at radius 3 is 2.41 bits per heavy atom. The molecule has 1 aromatic heterocycles. The molecule has 0 N–H and O–H groups in total. The molecule has 2 aliphatic heterocycles. The van der Waals surface area contributed by atoms with E-state index in [1.165, 1.54) is 24.9 Å². The molecule has 3 heterocycles. The van der Waals surface area contributed by atoms with Gasteiger partial charge in [0, 0.05) is 44.5 Å². The van der Waals surface area contributed by atoms with Crippen molar-refractivity contribution in [3.05, 3.63) is 48.5 Å². The molecule has 1 unspecified atom stereocenters. The molecule has 1 amide bonds. The first kappa shape index (κ1) is 21.0. The van der Waals surface area contributed by atoms with E-state index >= 15 is 0 Å². The number of para-hydroxylation sites is 2. The first-order valence-electron chi connectivity index (χ1n) is 11.9. The minimum atomic E-state index is 0.00252. The molecule has 32 heavy (non-hydrogen) atoms. The molecule has 0 saturated carbocycles. The van der Waals surface area contributed by atoms with Crippen molar-refractivity contribution in [2.45, 2.75) is 32.2 Å². The molecule has 2 saturated heterocycles. The van der Waals surface area contributed by atoms with Crippen molar-refractivity contribution in [1.29, 1.82) is 0 Å². The number of fused-ring (bicyclic) bond motifs is 1. The first-order chi connectivity index (χ1) is 15.6. The maximum Gasteiger partial charge on any atom is 0.239 e. The predicted molar refractivity (Wildman–Crippen MR) is 130 cm³/mol. The molecular weight excluding hydrogens is 398 g/mol. The standard InChI is InChI=1S/C26H33N5O/c1-20(29-13-6-3-7-14-29)26(32)31-17-15-30(16-18-31)22-10-8-9-21(19-22)25-27-23-11-4-5-12-24(23)28(25)2/h4-5,8-12,19-20H,3,6-7,13-18H2,1-2H3. The Bertz CT molecular complexity index is 1090. The fraction of sp³-hybridized carbons (Fsp3) is 0.462. The number of carbonyl (C=O) groups excluding carboxylic acids is 1. The molecule has 0 bridgehead atoms. The zero-order valence-electron chi connectivity index (χ0n) is 19.2. The Balaban J connectivity index is 1.27. The molecular formula is C26H33N5O. The number of imidazole rings is 1. The summed E-state index contributed by atoms with van der Waals surface area (Å²) in [6, 6.07) is 16.9. The van der Waals surface area contributed by atoms with Crippen LogP contribution in [0.5, 0.6) is 0 Å². The van der Waals surface area contributed by atoms with Crippen molar-refractivity contribution in [2.75, 3.05) is 44.2 Å². The minimum absolute atomic E-state index is 0.00252. The van der Waals surface area contributed by atoms with Gasteiger partial charge in [-0.1, -0.05) is 30.7 Å². The maximum absolute atomic E-state index is 13.1. The van der Waals surface area contributed by atoms with Gasteiger partial charge in [-0.2, -0.15) is 0 Å². The van der Waals surface area contributed by atoms with Crippen molar-refractivity contribution in [3.8, 4) is 11.4 Å². The van der Waals surface area contributed by atoms with Gasteiger partial charge in [-0.05, 0) is 57.1 Å². The zero-order chi connectivity index (χ0) is 22.1. The van der Waals surface area contributed by atoms with Crippen LogP contribution in [0.15, 0.2) is 48.5 Å². The molecule has 0 aliphatic carbocycles. The molecule has 0 spiro atoms. The summed E-state index contributed by atoms with van der Waals surface area (Å²) in [5.41, 5.74) is 4.48. The van der Waals surface area contributed by atoms with E-state index in [2.05, 4.69) is 75.7 Å². The number of aryl methyl sites for hydroxylation is 1. The first-order valence-corrected chi connectivity index (χ1v) is 11.9. The van der Waals surface area contributed by atoms with E-state index in [4.69, 9.17) is 4.98 Å². The van der Waals surface area contributed by atoms with Crippen molar-refractivity contribution in [1.82, 2.24) is 19.4 Å². The third kappa shape index (κ3) is 3.99. The highest BCUT2D eigenvalue weighted by Gasteiger charge is 2.29. The number of rotatable bonds is 4. The third-order valence-corrected chi connectivity index (χ3v) is 7.14. The molecule has 2 fully saturated rings. The Labute approximate surface area is 190 Å². The van der Waals surface area contributed by atoms with Gasteiger partial charge in [0.15, 0.2) is 0 Å². The molecule has 2 aromatic carbocycles. The fourth-order valence-corrected chi connectivity index (χ4v) is 5.16. The van der Waals surface area contributed by atoms with Crippen molar-refractivity contribution in [2.24, 2.45) is 7.05 Å². The summed E-state index contributed by atoms with van der Waals surface area (Å²) in [5.74, 6) is 1.28. The highest BCUT2D eigenvalue weighted by Crippen LogP contribution is 2.27. The van der Waals surface area contributed by atoms with Gasteiger partial charge in [-0.3, -0.25) is 9.69 Å². The Kier molecular flexibility index (Phi) is 5.87. The number of likely N-dealkylation sites (tertiary alicyclic amines) is 1. The Hall–Kier alpha value is -2.86. The van der Waals surface area contributed by atoms with E-state index in [1.54, 1.807) is 0 Å². The summed E-state index contributed by atoms with van der Waals surface area (Å²) in [4.78, 5) is 24.7. The Morgan fingerprint density at radius 2 is 1.66 bits per heavy atom. The van der Waals surface area contributed by atoms with Crippen LogP contribution in [0.2, 0.25) is 0 Å². The number of anilines is 1. The largest absolute Gasteiger partial charge is 0.368 e. The van der Waals surface area contributed by atoms with Gasteiger partial charge in [0.1, 0.15) is 5.82 Å². The second kappa shape index (κ2) is 8.94. The summed E-state index contributed by atoms with van der Waals surface area (Å²) >= 11 is 0. The lowest BCUT2D eigenvalue weighted by atomic mass is 10.1. The number of nitrogens with zero attached hydrogens (tertiary/aromatic N) is 5. The Morgan fingerprint density at radius 1 is 0.906 bits per heavy atom. The maximum atomic E-state index is 13.1. The number of benzene rings is 2. The van der Waals surface area contributed by atoms with Gasteiger partial charge in [0.05, 0.1) is 17.1 Å². The normalized spacial score (nSPS) is 18.8. The topological polar surface area (TPSA) is 44.6 Å². The number of piperazine rings is 1. The molecule has 1 atom stereocenters. The summed E-state index contributed by atoms with van der Waals surface area (Å²) in [5, 5.41) is 0. The third-order valence-electron chi connectivity index (χ3n) is 7.14. The highest BCUT2D eigenvalue weighted by molar-refractivity contribution is 5.82. The van der Waals surface area contributed by atoms with Crippen molar-refractivity contribution >= 4 is 22.6 Å². The van der Waals surface area contributed by atoms with Crippen LogP contribution in [0.3, 0.4) is 0 Å². The minimum Gasteiger partial charge on any atom is -0.368 e. The van der Waals surface area contributed by atoms with E-state index in [9.17, 15) is 4.79 Å². The van der Waals surface area contributed by atoms with Crippen LogP contribution in [0, 0.1) is 0 Å². The van der Waals surface area contributed by atoms with E-state index in [0.717, 1.165) is 61.7 Å². The van der Waals surface area contributed by atoms with Gasteiger partial charge in [0.2, 0.25) is 5.91 Å². The van der Waals surface area contributed by atoms with E-state index in [0.29, 0.717) is 5.91 Å². The monoisotopic (exact) mass is 431 g/mol. The summed E-state index contributed by atoms with van der Waals surface area (Å²) in [6.45, 7) is 7.50. The summed E-state index contributed by atoms with van der Waals surface area (Å²) < 4.78 is 2.16. The summed E-state index contributed by atoms with van der Waals surface area (Å²) in [6.07, 6.45) is 3.73. The van der Waals surface area contributed by atoms with Crippen molar-refractivity contribution < 1.29 is 4.79 Å². The van der Waals surface area contributed by atoms with Crippen LogP contribution in [0.1, 0.15) is 26.2 Å². The lowest BCUT2D eigenvalue weighted by Gasteiger charge is -2.39. The van der Waals surface area contributed by atoms with Crippen LogP contribution < -0.4 is 4.90 Å². The smallest absolute Gasteiger partial charge is 0.239 e. The number of amides is 1. The molecule has 2 aliphatic rings. The van der Waals surface area contributed by atoms with Crippen molar-refractivity contribution in [3.63, 3.8) is 0 Å². The van der Waals surface area contributed by atoms with Gasteiger partial charge >= 0.3 is 0 Å². The van der Waals surface area contributed by atoms with Gasteiger partial charge in [0.25, 0.3) is 0 Å². The number of carbonyl (C=O) groups is 1. The average molecular weight is 432 g/mol. The lowest BCUT2D eigenvalue weighted by Crippen LogP contribution is -2.54. The molecule has 168 valence electrons. The second-order valence-electron chi connectivity index (χ2n) is 9.12. The quantitative estimate of drug-likeness (QED) is 0.631. The highest BCUT2D eigenvalue weighted by atomic mass is 16.2. The second-order valence-corrected chi connectivity index (χ2v) is 9.12. The van der Waals surface area contributed by atoms with Gasteiger partial charge < -0.3 is 14.4 Å². The zero-order valence-corrected chi connectivity index (χ0v) is 19.2. The van der Waals surface area contributed by atoms with Gasteiger partial charge in [-0.25, -0.2) is 4.98 Å². The average Bonchev–Trinajstić information content (AvgIpc) is 3.20. The summed E-state index contributed by atoms with van der Waals surface area (Å²) in [7, 11) is 2.07. The van der Waals surface area contributed by atoms with Crippen LogP contribution in [0.25, 0.3) is 22.4 Å². The van der Waals surface area contributed by atoms with E-state index in [1.807, 2.05) is 6.07 Å². The van der Waals surface area contributed by atoms with E-state index in [-0.39, 0.29) is 6.04 Å². The van der Waals surface area contributed by atoms with Gasteiger partial charge in [-0.15, -0.1) is 0 Å². The number of hydrogen-bond acceptors (Lipinski definition) is 4. The number of piperidine rings is 1. The number of hydrogen-bond donors (Lipinski definition) is 0. The van der Waals surface area contributed by atoms with Crippen LogP contribution in [0.4, 0.5) is 5.69 Å². The fourth-order valence-electron chi connectivity index (χ4n) is 5.16. The molecule has 6 heteroatoms.